The number of alkyl carbamates (subject to hydrolysis) is 1. The second-order valence-electron chi connectivity index (χ2n) is 7.17. The van der Waals surface area contributed by atoms with Crippen molar-refractivity contribution in [3.63, 3.8) is 0 Å². The van der Waals surface area contributed by atoms with E-state index in [1.807, 2.05) is 30.3 Å². The number of carbonyl (C=O) groups is 4. The van der Waals surface area contributed by atoms with Gasteiger partial charge in [-0.25, -0.2) is 9.59 Å². The number of hydrogen-bond donors (Lipinski definition) is 2. The molecule has 0 saturated carbocycles. The van der Waals surface area contributed by atoms with Crippen molar-refractivity contribution in [3.8, 4) is 0 Å². The Labute approximate surface area is 176 Å². The molecule has 0 aliphatic carbocycles. The summed E-state index contributed by atoms with van der Waals surface area (Å²) in [6, 6.07) is 7.09. The Hall–Kier alpha value is -3.10. The molecule has 166 valence electrons. The van der Waals surface area contributed by atoms with Crippen molar-refractivity contribution in [2.45, 2.75) is 45.9 Å². The van der Waals surface area contributed by atoms with Crippen LogP contribution in [0, 0.1) is 11.8 Å². The summed E-state index contributed by atoms with van der Waals surface area (Å²) in [5.74, 6) is -2.73. The third-order valence-electron chi connectivity index (χ3n) is 4.43. The summed E-state index contributed by atoms with van der Waals surface area (Å²) in [5, 5.41) is 5.07. The third-order valence-corrected chi connectivity index (χ3v) is 4.43. The van der Waals surface area contributed by atoms with E-state index in [0.717, 1.165) is 5.56 Å². The maximum Gasteiger partial charge on any atom is 0.408 e. The number of benzene rings is 1. The highest BCUT2D eigenvalue weighted by Crippen LogP contribution is 2.11. The van der Waals surface area contributed by atoms with Gasteiger partial charge in [0.2, 0.25) is 5.91 Å². The van der Waals surface area contributed by atoms with E-state index in [9.17, 15) is 19.2 Å². The van der Waals surface area contributed by atoms with E-state index < -0.39 is 41.9 Å². The van der Waals surface area contributed by atoms with Gasteiger partial charge in [-0.2, -0.15) is 0 Å². The predicted molar refractivity (Wildman–Crippen MR) is 108 cm³/mol. The number of ether oxygens (including phenoxy) is 3. The molecule has 0 heterocycles. The molecule has 30 heavy (non-hydrogen) atoms. The second kappa shape index (κ2) is 12.5. The highest BCUT2D eigenvalue weighted by molar-refractivity contribution is 5.90. The van der Waals surface area contributed by atoms with Gasteiger partial charge in [0, 0.05) is 0 Å². The number of nitrogens with one attached hydrogen (secondary N) is 2. The van der Waals surface area contributed by atoms with Crippen molar-refractivity contribution in [1.82, 2.24) is 10.6 Å². The Morgan fingerprint density at radius 1 is 0.900 bits per heavy atom. The number of rotatable bonds is 10. The minimum atomic E-state index is -1.07. The van der Waals surface area contributed by atoms with Crippen molar-refractivity contribution in [2.75, 3.05) is 14.2 Å². The van der Waals surface area contributed by atoms with Crippen molar-refractivity contribution in [1.29, 1.82) is 0 Å². The van der Waals surface area contributed by atoms with Crippen LogP contribution >= 0.6 is 0 Å². The molecule has 0 aliphatic heterocycles. The summed E-state index contributed by atoms with van der Waals surface area (Å²) >= 11 is 0. The van der Waals surface area contributed by atoms with Crippen molar-refractivity contribution in [3.05, 3.63) is 35.9 Å². The molecule has 3 atom stereocenters. The molecule has 0 radical (unpaired) electrons. The fourth-order valence-electron chi connectivity index (χ4n) is 2.70. The first-order valence-corrected chi connectivity index (χ1v) is 9.62. The van der Waals surface area contributed by atoms with Gasteiger partial charge in [0.05, 0.1) is 20.1 Å². The molecule has 9 heteroatoms. The zero-order chi connectivity index (χ0) is 22.7. The van der Waals surface area contributed by atoms with Crippen LogP contribution in [0.5, 0.6) is 0 Å². The van der Waals surface area contributed by atoms with Gasteiger partial charge in [0.25, 0.3) is 0 Å². The number of esters is 2. The predicted octanol–water partition coefficient (Wildman–Crippen LogP) is 1.79. The van der Waals surface area contributed by atoms with Crippen LogP contribution in [0.3, 0.4) is 0 Å². The fourth-order valence-corrected chi connectivity index (χ4v) is 2.70. The van der Waals surface area contributed by atoms with E-state index in [1.54, 1.807) is 20.8 Å². The molecule has 0 unspecified atom stereocenters. The second-order valence-corrected chi connectivity index (χ2v) is 7.17. The minimum Gasteiger partial charge on any atom is -0.469 e. The first kappa shape index (κ1) is 24.9. The van der Waals surface area contributed by atoms with E-state index in [-0.39, 0.29) is 18.9 Å². The molecule has 0 spiro atoms. The van der Waals surface area contributed by atoms with Crippen molar-refractivity contribution in [2.24, 2.45) is 11.8 Å². The molecule has 1 rings (SSSR count). The fraction of sp³-hybridized carbons (Fsp3) is 0.524. The number of hydrogen-bond acceptors (Lipinski definition) is 7. The minimum absolute atomic E-state index is 0.00560. The van der Waals surface area contributed by atoms with Gasteiger partial charge in [-0.3, -0.25) is 9.59 Å². The molecule has 0 fully saturated rings. The van der Waals surface area contributed by atoms with Crippen molar-refractivity contribution < 1.29 is 33.4 Å². The molecule has 1 aromatic rings. The SMILES string of the molecule is COC(=O)[C@@H](C)C[C@@H](NC(=O)[C@@H](NC(=O)OCc1ccccc1)C(C)C)C(=O)OC. The summed E-state index contributed by atoms with van der Waals surface area (Å²) in [5.41, 5.74) is 0.806. The van der Waals surface area contributed by atoms with Gasteiger partial charge in [-0.05, 0) is 17.9 Å². The van der Waals surface area contributed by atoms with Crippen LogP contribution < -0.4 is 10.6 Å². The Morgan fingerprint density at radius 2 is 1.50 bits per heavy atom. The topological polar surface area (TPSA) is 120 Å². The van der Waals surface area contributed by atoms with Crippen LogP contribution in [-0.2, 0) is 35.2 Å². The van der Waals surface area contributed by atoms with E-state index in [1.165, 1.54) is 14.2 Å². The number of carbonyl (C=O) groups excluding carboxylic acids is 4. The Bertz CT molecular complexity index is 721. The first-order valence-electron chi connectivity index (χ1n) is 9.62. The third kappa shape index (κ3) is 8.10. The van der Waals surface area contributed by atoms with Crippen LogP contribution in [0.25, 0.3) is 0 Å². The highest BCUT2D eigenvalue weighted by atomic mass is 16.5. The zero-order valence-corrected chi connectivity index (χ0v) is 18.0. The molecule has 2 amide bonds. The summed E-state index contributed by atoms with van der Waals surface area (Å²) in [6.07, 6.45) is -0.765. The van der Waals surface area contributed by atoms with E-state index in [2.05, 4.69) is 15.4 Å². The summed E-state index contributed by atoms with van der Waals surface area (Å²) in [4.78, 5) is 48.6. The monoisotopic (exact) mass is 422 g/mol. The van der Waals surface area contributed by atoms with Gasteiger partial charge in [0.1, 0.15) is 18.7 Å². The smallest absolute Gasteiger partial charge is 0.408 e. The lowest BCUT2D eigenvalue weighted by atomic mass is 9.99. The molecule has 0 bridgehead atoms. The van der Waals surface area contributed by atoms with Crippen LogP contribution in [0.4, 0.5) is 4.79 Å². The van der Waals surface area contributed by atoms with Gasteiger partial charge < -0.3 is 24.8 Å². The van der Waals surface area contributed by atoms with E-state index in [4.69, 9.17) is 9.47 Å². The Kier molecular flexibility index (Phi) is 10.4. The lowest BCUT2D eigenvalue weighted by molar-refractivity contribution is -0.149. The maximum atomic E-state index is 12.7. The maximum absolute atomic E-state index is 12.7. The molecule has 2 N–H and O–H groups in total. The normalized spacial score (nSPS) is 13.5. The van der Waals surface area contributed by atoms with Crippen molar-refractivity contribution >= 4 is 23.9 Å². The Morgan fingerprint density at radius 3 is 2.03 bits per heavy atom. The van der Waals surface area contributed by atoms with Gasteiger partial charge in [-0.15, -0.1) is 0 Å². The molecule has 0 aliphatic rings. The van der Waals surface area contributed by atoms with Crippen LogP contribution in [0.15, 0.2) is 30.3 Å². The Balaban J connectivity index is 2.75. The molecule has 0 aromatic heterocycles. The van der Waals surface area contributed by atoms with E-state index >= 15 is 0 Å². The zero-order valence-electron chi connectivity index (χ0n) is 18.0. The first-order chi connectivity index (χ1) is 14.2. The molecule has 1 aromatic carbocycles. The molecular formula is C21H30N2O7. The highest BCUT2D eigenvalue weighted by Gasteiger charge is 2.32. The number of methoxy groups -OCH3 is 2. The standard InChI is InChI=1S/C21H30N2O7/c1-13(2)17(23-21(27)30-12-15-9-7-6-8-10-15)18(24)22-16(20(26)29-5)11-14(3)19(25)28-4/h6-10,13-14,16-17H,11-12H2,1-5H3,(H,22,24)(H,23,27)/t14-,16+,17-/m0/s1. The molecule has 9 nitrogen and oxygen atoms in total. The van der Waals surface area contributed by atoms with Gasteiger partial charge in [-0.1, -0.05) is 51.1 Å². The van der Waals surface area contributed by atoms with Crippen LogP contribution in [-0.4, -0.2) is 50.2 Å². The van der Waals surface area contributed by atoms with Gasteiger partial charge in [0.15, 0.2) is 0 Å². The lowest BCUT2D eigenvalue weighted by Gasteiger charge is -2.25. The quantitative estimate of drug-likeness (QED) is 0.436. The summed E-state index contributed by atoms with van der Waals surface area (Å²) in [6.45, 7) is 5.12. The lowest BCUT2D eigenvalue weighted by Crippen LogP contribution is -2.54. The van der Waals surface area contributed by atoms with Gasteiger partial charge >= 0.3 is 18.0 Å². The average Bonchev–Trinajstić information content (AvgIpc) is 2.74. The average molecular weight is 422 g/mol. The molecular weight excluding hydrogens is 392 g/mol. The summed E-state index contributed by atoms with van der Waals surface area (Å²) < 4.78 is 14.5. The van der Waals surface area contributed by atoms with E-state index in [0.29, 0.717) is 0 Å². The van der Waals surface area contributed by atoms with Crippen LogP contribution in [0.1, 0.15) is 32.8 Å². The van der Waals surface area contributed by atoms with Crippen LogP contribution in [0.2, 0.25) is 0 Å². The summed E-state index contributed by atoms with van der Waals surface area (Å²) in [7, 11) is 2.42. The molecule has 0 saturated heterocycles. The largest absolute Gasteiger partial charge is 0.469 e. The number of amides is 2.